The Morgan fingerprint density at radius 1 is 1.31 bits per heavy atom. The van der Waals surface area contributed by atoms with E-state index in [0.717, 1.165) is 11.3 Å². The van der Waals surface area contributed by atoms with Crippen LogP contribution in [0.4, 0.5) is 5.13 Å². The molecule has 0 unspecified atom stereocenters. The zero-order valence-electron chi connectivity index (χ0n) is 16.0. The normalized spacial score (nSPS) is 17.9. The number of benzene rings is 1. The van der Waals surface area contributed by atoms with Gasteiger partial charge in [0, 0.05) is 10.9 Å². The fourth-order valence-corrected chi connectivity index (χ4v) is 5.68. The quantitative estimate of drug-likeness (QED) is 0.665. The van der Waals surface area contributed by atoms with Gasteiger partial charge in [-0.15, -0.1) is 11.3 Å². The van der Waals surface area contributed by atoms with Gasteiger partial charge in [0.2, 0.25) is 0 Å². The topological polar surface area (TPSA) is 103 Å². The maximum Gasteiger partial charge on any atom is 0.277 e. The lowest BCUT2D eigenvalue weighted by Crippen LogP contribution is -2.16. The van der Waals surface area contributed by atoms with Crippen LogP contribution in [0.25, 0.3) is 11.3 Å². The Labute approximate surface area is 172 Å². The summed E-state index contributed by atoms with van der Waals surface area (Å²) >= 11 is 1.34. The second-order valence-electron chi connectivity index (χ2n) is 6.89. The predicted molar refractivity (Wildman–Crippen MR) is 111 cm³/mol. The number of carbonyl (C=O) groups excluding carboxylic acids is 1. The number of aromatic nitrogens is 3. The molecule has 0 saturated carbocycles. The highest BCUT2D eigenvalue weighted by Crippen LogP contribution is 2.31. The van der Waals surface area contributed by atoms with Gasteiger partial charge < -0.3 is 4.74 Å². The van der Waals surface area contributed by atoms with E-state index in [1.807, 2.05) is 36.6 Å². The first-order chi connectivity index (χ1) is 13.8. The van der Waals surface area contributed by atoms with Crippen LogP contribution in [0.1, 0.15) is 28.6 Å². The van der Waals surface area contributed by atoms with E-state index in [1.165, 1.54) is 11.3 Å². The SMILES string of the molecule is COc1ccc(-c2cc(C(=O)Nc3nc(C)cs3)nn2[C@H]2CCS(=O)(=O)C2)cc1. The molecule has 1 saturated heterocycles. The van der Waals surface area contributed by atoms with Gasteiger partial charge >= 0.3 is 0 Å². The minimum Gasteiger partial charge on any atom is -0.497 e. The van der Waals surface area contributed by atoms with Crippen molar-refractivity contribution < 1.29 is 17.9 Å². The molecule has 152 valence electrons. The molecule has 1 N–H and O–H groups in total. The molecule has 29 heavy (non-hydrogen) atoms. The molecule has 3 heterocycles. The van der Waals surface area contributed by atoms with Crippen LogP contribution in [0.2, 0.25) is 0 Å². The summed E-state index contributed by atoms with van der Waals surface area (Å²) < 4.78 is 30.8. The van der Waals surface area contributed by atoms with E-state index >= 15 is 0 Å². The minimum atomic E-state index is -3.10. The number of carbonyl (C=O) groups is 1. The maximum absolute atomic E-state index is 12.7. The van der Waals surface area contributed by atoms with Crippen molar-refractivity contribution in [1.29, 1.82) is 0 Å². The average molecular weight is 433 g/mol. The van der Waals surface area contributed by atoms with Gasteiger partial charge in [-0.2, -0.15) is 5.10 Å². The first-order valence-corrected chi connectivity index (χ1v) is 11.7. The van der Waals surface area contributed by atoms with Crippen molar-refractivity contribution in [3.63, 3.8) is 0 Å². The third-order valence-electron chi connectivity index (χ3n) is 4.75. The van der Waals surface area contributed by atoms with Gasteiger partial charge in [-0.25, -0.2) is 13.4 Å². The van der Waals surface area contributed by atoms with Crippen LogP contribution >= 0.6 is 11.3 Å². The Kier molecular flexibility index (Phi) is 5.13. The van der Waals surface area contributed by atoms with E-state index in [4.69, 9.17) is 4.74 Å². The van der Waals surface area contributed by atoms with Crippen molar-refractivity contribution in [3.05, 3.63) is 47.1 Å². The number of anilines is 1. The van der Waals surface area contributed by atoms with E-state index < -0.39 is 9.84 Å². The Bertz CT molecular complexity index is 1150. The lowest BCUT2D eigenvalue weighted by molar-refractivity contribution is 0.102. The van der Waals surface area contributed by atoms with Gasteiger partial charge in [0.25, 0.3) is 5.91 Å². The average Bonchev–Trinajstić information content (AvgIpc) is 3.40. The van der Waals surface area contributed by atoms with Crippen LogP contribution in [0.5, 0.6) is 5.75 Å². The Morgan fingerprint density at radius 3 is 2.66 bits per heavy atom. The van der Waals surface area contributed by atoms with Crippen LogP contribution in [0.3, 0.4) is 0 Å². The molecule has 0 bridgehead atoms. The van der Waals surface area contributed by atoms with Gasteiger partial charge in [0.05, 0.1) is 36.0 Å². The predicted octanol–water partition coefficient (Wildman–Crippen LogP) is 2.94. The Balaban J connectivity index is 1.70. The molecule has 1 atom stereocenters. The van der Waals surface area contributed by atoms with Gasteiger partial charge in [0.15, 0.2) is 20.7 Å². The number of hydrogen-bond donors (Lipinski definition) is 1. The van der Waals surface area contributed by atoms with Crippen LogP contribution in [-0.4, -0.2) is 47.7 Å². The lowest BCUT2D eigenvalue weighted by atomic mass is 10.1. The van der Waals surface area contributed by atoms with E-state index in [1.54, 1.807) is 17.9 Å². The van der Waals surface area contributed by atoms with Crippen molar-refractivity contribution in [2.24, 2.45) is 0 Å². The number of aryl methyl sites for hydroxylation is 1. The van der Waals surface area contributed by atoms with Gasteiger partial charge in [-0.3, -0.25) is 14.8 Å². The molecule has 2 aromatic heterocycles. The Hall–Kier alpha value is -2.72. The molecule has 1 aliphatic heterocycles. The lowest BCUT2D eigenvalue weighted by Gasteiger charge is -2.13. The molecule has 1 amide bonds. The van der Waals surface area contributed by atoms with Crippen LogP contribution in [0.15, 0.2) is 35.7 Å². The third kappa shape index (κ3) is 4.18. The number of ether oxygens (including phenoxy) is 1. The third-order valence-corrected chi connectivity index (χ3v) is 7.37. The smallest absolute Gasteiger partial charge is 0.277 e. The van der Waals surface area contributed by atoms with Crippen molar-refractivity contribution in [2.45, 2.75) is 19.4 Å². The first-order valence-electron chi connectivity index (χ1n) is 9.02. The minimum absolute atomic E-state index is 0.0184. The van der Waals surface area contributed by atoms with Gasteiger partial charge in [-0.05, 0) is 43.7 Å². The fraction of sp³-hybridized carbons (Fsp3) is 0.316. The summed E-state index contributed by atoms with van der Waals surface area (Å²) in [6.07, 6.45) is 0.472. The summed E-state index contributed by atoms with van der Waals surface area (Å²) in [6, 6.07) is 8.74. The largest absolute Gasteiger partial charge is 0.497 e. The number of nitrogens with zero attached hydrogens (tertiary/aromatic N) is 3. The number of rotatable bonds is 5. The zero-order valence-corrected chi connectivity index (χ0v) is 17.6. The van der Waals surface area contributed by atoms with Gasteiger partial charge in [0.1, 0.15) is 5.75 Å². The highest BCUT2D eigenvalue weighted by atomic mass is 32.2. The van der Waals surface area contributed by atoms with Crippen molar-refractivity contribution in [1.82, 2.24) is 14.8 Å². The van der Waals surface area contributed by atoms with Crippen LogP contribution < -0.4 is 10.1 Å². The summed E-state index contributed by atoms with van der Waals surface area (Å²) in [5, 5.41) is 9.56. The van der Waals surface area contributed by atoms with E-state index in [2.05, 4.69) is 15.4 Å². The monoisotopic (exact) mass is 432 g/mol. The highest BCUT2D eigenvalue weighted by molar-refractivity contribution is 7.91. The number of amides is 1. The number of nitrogens with one attached hydrogen (secondary N) is 1. The van der Waals surface area contributed by atoms with Crippen LogP contribution in [-0.2, 0) is 9.84 Å². The molecule has 0 radical (unpaired) electrons. The molecule has 1 aliphatic rings. The molecule has 1 fully saturated rings. The maximum atomic E-state index is 12.7. The zero-order chi connectivity index (χ0) is 20.6. The highest BCUT2D eigenvalue weighted by Gasteiger charge is 2.32. The molecule has 8 nitrogen and oxygen atoms in total. The number of hydrogen-bond acceptors (Lipinski definition) is 7. The summed E-state index contributed by atoms with van der Waals surface area (Å²) in [7, 11) is -1.51. The van der Waals surface area contributed by atoms with E-state index in [-0.39, 0.29) is 29.1 Å². The second-order valence-corrected chi connectivity index (χ2v) is 9.98. The van der Waals surface area contributed by atoms with Crippen molar-refractivity contribution >= 4 is 32.2 Å². The van der Waals surface area contributed by atoms with E-state index in [0.29, 0.717) is 23.0 Å². The summed E-state index contributed by atoms with van der Waals surface area (Å²) in [4.78, 5) is 16.9. The Morgan fingerprint density at radius 2 is 2.07 bits per heavy atom. The van der Waals surface area contributed by atoms with Gasteiger partial charge in [-0.1, -0.05) is 0 Å². The summed E-state index contributed by atoms with van der Waals surface area (Å²) in [5.74, 6) is 0.471. The molecule has 1 aromatic carbocycles. The molecule has 0 aliphatic carbocycles. The molecule has 3 aromatic rings. The number of methoxy groups -OCH3 is 1. The molecular weight excluding hydrogens is 412 g/mol. The molecule has 4 rings (SSSR count). The number of sulfone groups is 1. The van der Waals surface area contributed by atoms with Crippen LogP contribution in [0, 0.1) is 6.92 Å². The molecular formula is C19H20N4O4S2. The fourth-order valence-electron chi connectivity index (χ4n) is 3.30. The van der Waals surface area contributed by atoms with Crippen molar-refractivity contribution in [2.75, 3.05) is 23.9 Å². The van der Waals surface area contributed by atoms with Crippen molar-refractivity contribution in [3.8, 4) is 17.0 Å². The molecule has 0 spiro atoms. The number of thiazole rings is 1. The molecule has 10 heteroatoms. The van der Waals surface area contributed by atoms with E-state index in [9.17, 15) is 13.2 Å². The standard InChI is InChI=1S/C19H20N4O4S2/c1-12-10-28-19(20-12)21-18(24)16-9-17(13-3-5-15(27-2)6-4-13)23(22-16)14-7-8-29(25,26)11-14/h3-6,9-10,14H,7-8,11H2,1-2H3,(H,20,21,24)/t14-/m0/s1. The summed E-state index contributed by atoms with van der Waals surface area (Å²) in [5.41, 5.74) is 2.56. The first kappa shape index (κ1) is 19.6. The summed E-state index contributed by atoms with van der Waals surface area (Å²) in [6.45, 7) is 1.85. The second kappa shape index (κ2) is 7.60.